The third-order valence-corrected chi connectivity index (χ3v) is 1.17. The van der Waals surface area contributed by atoms with E-state index >= 15 is 0 Å². The Morgan fingerprint density at radius 1 is 1.55 bits per heavy atom. The number of nitrogens with two attached hydrogens (primary N) is 1. The molecule has 0 saturated heterocycles. The van der Waals surface area contributed by atoms with Gasteiger partial charge >= 0.3 is 6.18 Å². The summed E-state index contributed by atoms with van der Waals surface area (Å²) in [6.07, 6.45) is 0.355. The Bertz CT molecular complexity index is 147. The molecule has 0 aliphatic carbocycles. The summed E-state index contributed by atoms with van der Waals surface area (Å²) in [4.78, 5) is 0. The van der Waals surface area contributed by atoms with Crippen molar-refractivity contribution >= 4 is 0 Å². The van der Waals surface area contributed by atoms with Crippen molar-refractivity contribution in [3.05, 3.63) is 0 Å². The van der Waals surface area contributed by atoms with Crippen molar-refractivity contribution in [2.75, 3.05) is 0 Å². The van der Waals surface area contributed by atoms with Crippen LogP contribution in [0.15, 0.2) is 0 Å². The monoisotopic (exact) mass is 166 g/mol. The van der Waals surface area contributed by atoms with E-state index in [0.29, 0.717) is 0 Å². The summed E-state index contributed by atoms with van der Waals surface area (Å²) in [5, 5.41) is 0. The number of hydrogen-bond acceptors (Lipinski definition) is 2. The lowest BCUT2D eigenvalue weighted by Gasteiger charge is -2.17. The van der Waals surface area contributed by atoms with Crippen LogP contribution in [0.4, 0.5) is 13.2 Å². The smallest absolute Gasteiger partial charge is 0.271 e. The fraction of sp³-hybridized carbons (Fsp3) is 0.667. The summed E-state index contributed by atoms with van der Waals surface area (Å²) >= 11 is 0. The van der Waals surface area contributed by atoms with Crippen LogP contribution >= 0.6 is 0 Å². The van der Waals surface area contributed by atoms with Crippen molar-refractivity contribution in [2.45, 2.75) is 25.1 Å². The predicted octanol–water partition coefficient (Wildman–Crippen LogP) is 0.794. The molecular weight excluding hydrogens is 157 g/mol. The highest BCUT2D eigenvalue weighted by Gasteiger charge is 2.38. The zero-order chi connectivity index (χ0) is 8.91. The van der Waals surface area contributed by atoms with Crippen LogP contribution in [-0.2, 0) is 0 Å². The van der Waals surface area contributed by atoms with Crippen LogP contribution in [0.1, 0.15) is 12.8 Å². The number of alkyl halides is 3. The minimum absolute atomic E-state index is 0.0639. The molecule has 0 rings (SSSR count). The fourth-order valence-corrected chi connectivity index (χ4v) is 0.569. The van der Waals surface area contributed by atoms with Gasteiger partial charge in [0.15, 0.2) is 0 Å². The summed E-state index contributed by atoms with van der Waals surface area (Å²) < 4.78 is 35.5. The number of terminal acetylenes is 1. The average Bonchev–Trinajstić information content (AvgIpc) is 1.87. The van der Waals surface area contributed by atoms with Gasteiger partial charge in [-0.2, -0.15) is 13.2 Å². The lowest BCUT2D eigenvalue weighted by molar-refractivity contribution is -0.157. The molecule has 1 unspecified atom stereocenters. The average molecular weight is 166 g/mol. The first kappa shape index (κ1) is 10.3. The molecule has 0 aliphatic heterocycles. The van der Waals surface area contributed by atoms with Gasteiger partial charge in [-0.3, -0.25) is 5.84 Å². The van der Waals surface area contributed by atoms with Gasteiger partial charge in [0, 0.05) is 6.42 Å². The largest absolute Gasteiger partial charge is 0.405 e. The Balaban J connectivity index is 3.88. The van der Waals surface area contributed by atoms with Gasteiger partial charge in [0.1, 0.15) is 6.04 Å². The second-order valence-corrected chi connectivity index (χ2v) is 2.00. The van der Waals surface area contributed by atoms with E-state index in [9.17, 15) is 13.2 Å². The molecule has 0 aliphatic rings. The number of rotatable bonds is 3. The Morgan fingerprint density at radius 3 is 2.36 bits per heavy atom. The summed E-state index contributed by atoms with van der Waals surface area (Å²) in [6, 6.07) is -1.70. The van der Waals surface area contributed by atoms with Crippen molar-refractivity contribution in [3.63, 3.8) is 0 Å². The minimum Gasteiger partial charge on any atom is -0.271 e. The van der Waals surface area contributed by atoms with E-state index in [1.165, 1.54) is 0 Å². The van der Waals surface area contributed by atoms with E-state index in [0.717, 1.165) is 0 Å². The van der Waals surface area contributed by atoms with Gasteiger partial charge in [-0.25, -0.2) is 5.43 Å². The molecular formula is C6H9F3N2. The lowest BCUT2D eigenvalue weighted by Crippen LogP contribution is -2.45. The third-order valence-electron chi connectivity index (χ3n) is 1.17. The molecule has 0 bridgehead atoms. The summed E-state index contributed by atoms with van der Waals surface area (Å²) in [5.41, 5.74) is 1.66. The molecule has 0 spiro atoms. The first-order chi connectivity index (χ1) is 5.02. The van der Waals surface area contributed by atoms with Gasteiger partial charge < -0.3 is 0 Å². The molecule has 1 atom stereocenters. The van der Waals surface area contributed by atoms with Crippen molar-refractivity contribution in [1.82, 2.24) is 5.43 Å². The molecule has 0 amide bonds. The van der Waals surface area contributed by atoms with E-state index in [2.05, 4.69) is 11.8 Å². The van der Waals surface area contributed by atoms with Crippen LogP contribution in [0.3, 0.4) is 0 Å². The topological polar surface area (TPSA) is 38.0 Å². The summed E-state index contributed by atoms with van der Waals surface area (Å²) in [5.74, 6) is 6.77. The van der Waals surface area contributed by atoms with Crippen LogP contribution in [0.5, 0.6) is 0 Å². The first-order valence-corrected chi connectivity index (χ1v) is 2.98. The highest BCUT2D eigenvalue weighted by Crippen LogP contribution is 2.22. The normalized spacial score (nSPS) is 14.1. The van der Waals surface area contributed by atoms with Gasteiger partial charge in [0.05, 0.1) is 0 Å². The summed E-state index contributed by atoms with van der Waals surface area (Å²) in [7, 11) is 0. The molecule has 11 heavy (non-hydrogen) atoms. The number of hydrogen-bond donors (Lipinski definition) is 2. The molecule has 0 aromatic carbocycles. The van der Waals surface area contributed by atoms with Crippen LogP contribution in [0.25, 0.3) is 0 Å². The van der Waals surface area contributed by atoms with Gasteiger partial charge in [-0.05, 0) is 6.42 Å². The predicted molar refractivity (Wildman–Crippen MR) is 35.2 cm³/mol. The second kappa shape index (κ2) is 4.21. The Labute approximate surface area is 62.9 Å². The minimum atomic E-state index is -4.31. The van der Waals surface area contributed by atoms with Crippen LogP contribution in [0, 0.1) is 12.3 Å². The Kier molecular flexibility index (Phi) is 3.93. The highest BCUT2D eigenvalue weighted by atomic mass is 19.4. The van der Waals surface area contributed by atoms with E-state index < -0.39 is 12.2 Å². The van der Waals surface area contributed by atoms with Crippen LogP contribution in [-0.4, -0.2) is 12.2 Å². The van der Waals surface area contributed by atoms with Crippen molar-refractivity contribution in [2.24, 2.45) is 5.84 Å². The summed E-state index contributed by atoms with van der Waals surface area (Å²) in [6.45, 7) is 0. The standard InChI is InChI=1S/C6H9F3N2/c1-2-3-4-5(11-10)6(7,8)9/h1,5,11H,3-4,10H2. The second-order valence-electron chi connectivity index (χ2n) is 2.00. The fourth-order valence-electron chi connectivity index (χ4n) is 0.569. The van der Waals surface area contributed by atoms with Crippen molar-refractivity contribution in [3.8, 4) is 12.3 Å². The maximum atomic E-state index is 11.8. The van der Waals surface area contributed by atoms with Gasteiger partial charge in [0.25, 0.3) is 0 Å². The molecule has 0 radical (unpaired) electrons. The molecule has 0 saturated carbocycles. The molecule has 5 heteroatoms. The quantitative estimate of drug-likeness (QED) is 0.369. The molecule has 0 heterocycles. The van der Waals surface area contributed by atoms with Gasteiger partial charge in [-0.1, -0.05) is 0 Å². The maximum absolute atomic E-state index is 11.8. The molecule has 64 valence electrons. The Hall–Kier alpha value is -0.730. The zero-order valence-electron chi connectivity index (χ0n) is 5.78. The Morgan fingerprint density at radius 2 is 2.09 bits per heavy atom. The highest BCUT2D eigenvalue weighted by molar-refractivity contribution is 4.87. The third kappa shape index (κ3) is 3.86. The van der Waals surface area contributed by atoms with Gasteiger partial charge in [0.2, 0.25) is 0 Å². The molecule has 0 aromatic rings. The van der Waals surface area contributed by atoms with Crippen molar-refractivity contribution in [1.29, 1.82) is 0 Å². The molecule has 0 fully saturated rings. The maximum Gasteiger partial charge on any atom is 0.405 e. The number of hydrazine groups is 1. The van der Waals surface area contributed by atoms with Gasteiger partial charge in [-0.15, -0.1) is 12.3 Å². The number of nitrogens with one attached hydrogen (secondary N) is 1. The van der Waals surface area contributed by atoms with Crippen LogP contribution < -0.4 is 11.3 Å². The van der Waals surface area contributed by atoms with Crippen molar-refractivity contribution < 1.29 is 13.2 Å². The van der Waals surface area contributed by atoms with Crippen LogP contribution in [0.2, 0.25) is 0 Å². The lowest BCUT2D eigenvalue weighted by atomic mass is 10.1. The molecule has 3 N–H and O–H groups in total. The van der Waals surface area contributed by atoms with E-state index in [-0.39, 0.29) is 12.8 Å². The first-order valence-electron chi connectivity index (χ1n) is 2.98. The SMILES string of the molecule is C#CCCC(NN)C(F)(F)F. The van der Waals surface area contributed by atoms with E-state index in [1.807, 2.05) is 0 Å². The molecule has 2 nitrogen and oxygen atoms in total. The molecule has 0 aromatic heterocycles. The van der Waals surface area contributed by atoms with E-state index in [1.54, 1.807) is 5.43 Å². The number of halogens is 3. The zero-order valence-corrected chi connectivity index (χ0v) is 5.78. The van der Waals surface area contributed by atoms with E-state index in [4.69, 9.17) is 6.42 Å².